The van der Waals surface area contributed by atoms with Crippen molar-refractivity contribution in [3.05, 3.63) is 77.0 Å². The third-order valence-corrected chi connectivity index (χ3v) is 6.01. The summed E-state index contributed by atoms with van der Waals surface area (Å²) in [5.41, 5.74) is 8.59. The Hall–Kier alpha value is -3.41. The van der Waals surface area contributed by atoms with Crippen molar-refractivity contribution < 1.29 is 4.79 Å². The first-order valence-corrected chi connectivity index (χ1v) is 10.8. The number of hydrogen-bond acceptors (Lipinski definition) is 4. The lowest BCUT2D eigenvalue weighted by atomic mass is 9.87. The second-order valence-corrected chi connectivity index (χ2v) is 9.36. The Labute approximate surface area is 182 Å². The van der Waals surface area contributed by atoms with E-state index in [4.69, 9.17) is 4.99 Å². The van der Waals surface area contributed by atoms with Crippen LogP contribution in [0, 0.1) is 0 Å². The number of aldehydes is 1. The molecule has 3 aromatic rings. The van der Waals surface area contributed by atoms with Crippen LogP contribution in [0.5, 0.6) is 0 Å². The number of aliphatic imine (C=N–C) groups is 1. The van der Waals surface area contributed by atoms with Gasteiger partial charge in [0.25, 0.3) is 0 Å². The third kappa shape index (κ3) is 3.74. The van der Waals surface area contributed by atoms with E-state index in [0.29, 0.717) is 17.6 Å². The molecule has 2 aliphatic rings. The van der Waals surface area contributed by atoms with Gasteiger partial charge in [-0.3, -0.25) is 15.5 Å². The van der Waals surface area contributed by atoms with E-state index < -0.39 is 6.04 Å². The molecule has 31 heavy (non-hydrogen) atoms. The average molecular weight is 414 g/mol. The van der Waals surface area contributed by atoms with E-state index >= 15 is 0 Å². The number of aromatic nitrogens is 2. The Bertz CT molecular complexity index is 1140. The van der Waals surface area contributed by atoms with E-state index in [2.05, 4.69) is 60.7 Å². The van der Waals surface area contributed by atoms with Crippen molar-refractivity contribution in [3.8, 4) is 0 Å². The Kier molecular flexibility index (Phi) is 4.65. The Morgan fingerprint density at radius 1 is 1.10 bits per heavy atom. The SMILES string of the molecule is CC(C)(C)c1ccc(N2NC(=Nc3cc(C4CC4)[nH]n3)c3ccccc3C2C=O)cc1. The van der Waals surface area contributed by atoms with Crippen molar-refractivity contribution in [2.24, 2.45) is 4.99 Å². The van der Waals surface area contributed by atoms with Crippen LogP contribution in [0.3, 0.4) is 0 Å². The summed E-state index contributed by atoms with van der Waals surface area (Å²) in [7, 11) is 0. The van der Waals surface area contributed by atoms with Crippen LogP contribution in [0.1, 0.15) is 68.0 Å². The van der Waals surface area contributed by atoms with Gasteiger partial charge in [-0.2, -0.15) is 5.10 Å². The molecule has 1 aliphatic carbocycles. The topological polar surface area (TPSA) is 73.4 Å². The normalized spacial score (nSPS) is 19.8. The van der Waals surface area contributed by atoms with Gasteiger partial charge in [0, 0.05) is 23.2 Å². The summed E-state index contributed by atoms with van der Waals surface area (Å²) in [5.74, 6) is 1.92. The summed E-state index contributed by atoms with van der Waals surface area (Å²) in [4.78, 5) is 16.9. The monoisotopic (exact) mass is 413 g/mol. The first-order valence-electron chi connectivity index (χ1n) is 10.8. The molecule has 6 heteroatoms. The first-order chi connectivity index (χ1) is 14.9. The van der Waals surface area contributed by atoms with Gasteiger partial charge in [-0.1, -0.05) is 57.2 Å². The zero-order valence-corrected chi connectivity index (χ0v) is 18.1. The lowest BCUT2D eigenvalue weighted by molar-refractivity contribution is -0.109. The highest BCUT2D eigenvalue weighted by molar-refractivity contribution is 6.05. The van der Waals surface area contributed by atoms with Gasteiger partial charge >= 0.3 is 0 Å². The quantitative estimate of drug-likeness (QED) is 0.595. The minimum Gasteiger partial charge on any atom is -0.301 e. The van der Waals surface area contributed by atoms with E-state index in [1.54, 1.807) is 0 Å². The molecule has 0 bridgehead atoms. The number of amidine groups is 1. The number of benzene rings is 2. The fourth-order valence-corrected chi connectivity index (χ4v) is 4.02. The van der Waals surface area contributed by atoms with Crippen molar-refractivity contribution in [3.63, 3.8) is 0 Å². The number of hydrogen-bond donors (Lipinski definition) is 2. The minimum absolute atomic E-state index is 0.0658. The molecule has 5 rings (SSSR count). The highest BCUT2D eigenvalue weighted by atomic mass is 16.1. The van der Waals surface area contributed by atoms with Crippen molar-refractivity contribution >= 4 is 23.6 Å². The highest BCUT2D eigenvalue weighted by Crippen LogP contribution is 2.40. The van der Waals surface area contributed by atoms with Gasteiger partial charge in [0.2, 0.25) is 0 Å². The number of H-pyrrole nitrogens is 1. The minimum atomic E-state index is -0.447. The van der Waals surface area contributed by atoms with Crippen LogP contribution in [0.2, 0.25) is 0 Å². The molecule has 1 aliphatic heterocycles. The maximum absolute atomic E-state index is 12.1. The number of carbonyl (C=O) groups is 1. The van der Waals surface area contributed by atoms with Gasteiger partial charge in [-0.25, -0.2) is 4.99 Å². The van der Waals surface area contributed by atoms with Gasteiger partial charge in [0.15, 0.2) is 11.7 Å². The average Bonchev–Trinajstić information content (AvgIpc) is 3.52. The second kappa shape index (κ2) is 7.38. The maximum atomic E-state index is 12.1. The molecular weight excluding hydrogens is 386 g/mol. The largest absolute Gasteiger partial charge is 0.301 e. The second-order valence-electron chi connectivity index (χ2n) is 9.36. The Morgan fingerprint density at radius 2 is 1.84 bits per heavy atom. The number of aromatic amines is 1. The van der Waals surface area contributed by atoms with Crippen molar-refractivity contribution in [2.45, 2.75) is 51.0 Å². The molecule has 1 unspecified atom stereocenters. The molecule has 2 aromatic carbocycles. The molecule has 0 radical (unpaired) electrons. The molecule has 0 saturated heterocycles. The van der Waals surface area contributed by atoms with Crippen LogP contribution in [-0.4, -0.2) is 22.3 Å². The van der Waals surface area contributed by atoms with Gasteiger partial charge in [0.05, 0.1) is 5.69 Å². The molecule has 2 N–H and O–H groups in total. The van der Waals surface area contributed by atoms with Crippen LogP contribution >= 0.6 is 0 Å². The first kappa shape index (κ1) is 19.5. The summed E-state index contributed by atoms with van der Waals surface area (Å²) in [5, 5.41) is 9.37. The number of nitrogens with one attached hydrogen (secondary N) is 2. The van der Waals surface area contributed by atoms with Gasteiger partial charge in [-0.15, -0.1) is 0 Å². The van der Waals surface area contributed by atoms with Crippen molar-refractivity contribution in [2.75, 3.05) is 5.01 Å². The number of anilines is 1. The fraction of sp³-hybridized carbons (Fsp3) is 0.320. The van der Waals surface area contributed by atoms with E-state index in [1.165, 1.54) is 18.4 Å². The Morgan fingerprint density at radius 3 is 2.52 bits per heavy atom. The van der Waals surface area contributed by atoms with Crippen LogP contribution in [0.25, 0.3) is 0 Å². The zero-order valence-electron chi connectivity index (χ0n) is 18.1. The molecular formula is C25H27N5O. The van der Waals surface area contributed by atoms with Crippen LogP contribution in [-0.2, 0) is 10.2 Å². The van der Waals surface area contributed by atoms with Crippen LogP contribution in [0.15, 0.2) is 59.6 Å². The van der Waals surface area contributed by atoms with E-state index in [1.807, 2.05) is 35.3 Å². The van der Waals surface area contributed by atoms with Gasteiger partial charge in [0.1, 0.15) is 12.3 Å². The number of hydrazine groups is 1. The predicted octanol–water partition coefficient (Wildman–Crippen LogP) is 4.93. The summed E-state index contributed by atoms with van der Waals surface area (Å²) in [6.07, 6.45) is 3.39. The molecule has 1 fully saturated rings. The molecule has 6 nitrogen and oxygen atoms in total. The van der Waals surface area contributed by atoms with Crippen LogP contribution < -0.4 is 10.4 Å². The predicted molar refractivity (Wildman–Crippen MR) is 123 cm³/mol. The summed E-state index contributed by atoms with van der Waals surface area (Å²) in [6.45, 7) is 6.57. The lowest BCUT2D eigenvalue weighted by Gasteiger charge is -2.37. The van der Waals surface area contributed by atoms with E-state index in [0.717, 1.165) is 28.8 Å². The summed E-state index contributed by atoms with van der Waals surface area (Å²) < 4.78 is 0. The maximum Gasteiger partial charge on any atom is 0.176 e. The molecule has 2 heterocycles. The smallest absolute Gasteiger partial charge is 0.176 e. The summed E-state index contributed by atoms with van der Waals surface area (Å²) in [6, 6.07) is 17.8. The standard InChI is InChI=1S/C25H27N5O/c1-25(2,3)17-10-12-18(13-11-17)30-22(15-31)19-6-4-5-7-20(19)24(29-30)26-23-14-21(27-28-23)16-8-9-16/h4-7,10-16,22H,8-9H2,1-3H3,(H2,26,27,28,29). The molecule has 0 spiro atoms. The molecule has 1 aromatic heterocycles. The molecule has 1 saturated carbocycles. The zero-order chi connectivity index (χ0) is 21.6. The number of rotatable bonds is 4. The molecule has 1 atom stereocenters. The van der Waals surface area contributed by atoms with E-state index in [9.17, 15) is 4.79 Å². The van der Waals surface area contributed by atoms with E-state index in [-0.39, 0.29) is 5.41 Å². The van der Waals surface area contributed by atoms with Crippen LogP contribution in [0.4, 0.5) is 11.5 Å². The lowest BCUT2D eigenvalue weighted by Crippen LogP contribution is -2.50. The van der Waals surface area contributed by atoms with Crippen molar-refractivity contribution in [1.29, 1.82) is 0 Å². The van der Waals surface area contributed by atoms with Crippen molar-refractivity contribution in [1.82, 2.24) is 15.6 Å². The molecule has 158 valence electrons. The Balaban J connectivity index is 1.54. The fourth-order valence-electron chi connectivity index (χ4n) is 4.02. The number of fused-ring (bicyclic) bond motifs is 1. The van der Waals surface area contributed by atoms with Gasteiger partial charge in [-0.05, 0) is 41.5 Å². The summed E-state index contributed by atoms with van der Waals surface area (Å²) >= 11 is 0. The third-order valence-electron chi connectivity index (χ3n) is 6.01. The molecule has 0 amide bonds. The number of carbonyl (C=O) groups excluding carboxylic acids is 1. The van der Waals surface area contributed by atoms with Gasteiger partial charge < -0.3 is 4.79 Å². The highest BCUT2D eigenvalue weighted by Gasteiger charge is 2.31. The number of nitrogens with zero attached hydrogens (tertiary/aromatic N) is 3.